The number of carboxylic acids is 1. The Morgan fingerprint density at radius 3 is 2.78 bits per heavy atom. The van der Waals surface area contributed by atoms with Crippen molar-refractivity contribution in [2.75, 3.05) is 13.1 Å². The smallest absolute Gasteiger partial charge is 0.311 e. The number of aliphatic carboxylic acids is 1. The van der Waals surface area contributed by atoms with Gasteiger partial charge < -0.3 is 5.11 Å². The van der Waals surface area contributed by atoms with Crippen molar-refractivity contribution in [3.05, 3.63) is 28.8 Å². The molecule has 0 spiro atoms. The predicted molar refractivity (Wildman–Crippen MR) is 82.3 cm³/mol. The first-order chi connectivity index (χ1) is 10.8. The predicted octanol–water partition coefficient (Wildman–Crippen LogP) is 2.09. The molecule has 2 atom stereocenters. The lowest BCUT2D eigenvalue weighted by atomic mass is 9.81. The van der Waals surface area contributed by atoms with E-state index in [1.807, 2.05) is 6.07 Å². The van der Waals surface area contributed by atoms with Gasteiger partial charge in [-0.1, -0.05) is 18.0 Å². The molecule has 0 unspecified atom stereocenters. The Morgan fingerprint density at radius 1 is 1.48 bits per heavy atom. The number of carbonyl (C=O) groups is 1. The van der Waals surface area contributed by atoms with Gasteiger partial charge in [-0.05, 0) is 37.0 Å². The maximum absolute atomic E-state index is 12.8. The second-order valence-electron chi connectivity index (χ2n) is 6.11. The summed E-state index contributed by atoms with van der Waals surface area (Å²) in [6, 6.07) is 5.90. The molecular weight excluding hydrogens is 340 g/mol. The quantitative estimate of drug-likeness (QED) is 0.896. The molecule has 3 rings (SSSR count). The Kier molecular flexibility index (Phi) is 3.87. The van der Waals surface area contributed by atoms with Crippen LogP contribution < -0.4 is 0 Å². The number of hydrogen-bond acceptors (Lipinski definition) is 4. The molecule has 6 nitrogen and oxygen atoms in total. The van der Waals surface area contributed by atoms with E-state index in [4.69, 9.17) is 16.9 Å². The fraction of sp³-hybridized carbons (Fsp3) is 0.467. The van der Waals surface area contributed by atoms with E-state index in [0.717, 1.165) is 12.8 Å². The highest BCUT2D eigenvalue weighted by Gasteiger charge is 2.57. The van der Waals surface area contributed by atoms with Crippen molar-refractivity contribution in [3.8, 4) is 6.07 Å². The molecule has 0 aromatic heterocycles. The molecule has 23 heavy (non-hydrogen) atoms. The number of carboxylic acid groups (broad SMARTS) is 1. The first kappa shape index (κ1) is 16.2. The summed E-state index contributed by atoms with van der Waals surface area (Å²) in [6.45, 7) is 0.177. The van der Waals surface area contributed by atoms with Crippen molar-refractivity contribution in [1.82, 2.24) is 4.31 Å². The summed E-state index contributed by atoms with van der Waals surface area (Å²) in [5.41, 5.74) is -0.708. The van der Waals surface area contributed by atoms with E-state index in [9.17, 15) is 18.3 Å². The van der Waals surface area contributed by atoms with E-state index >= 15 is 0 Å². The minimum absolute atomic E-state index is 0.0222. The molecule has 0 radical (unpaired) electrons. The number of sulfonamides is 1. The summed E-state index contributed by atoms with van der Waals surface area (Å²) >= 11 is 6.02. The molecule has 1 aliphatic carbocycles. The third-order valence-corrected chi connectivity index (χ3v) is 7.24. The minimum atomic E-state index is -3.88. The van der Waals surface area contributed by atoms with E-state index in [1.54, 1.807) is 0 Å². The molecule has 2 aliphatic rings. The van der Waals surface area contributed by atoms with Gasteiger partial charge in [0, 0.05) is 13.1 Å². The van der Waals surface area contributed by atoms with Crippen LogP contribution in [0, 0.1) is 22.7 Å². The number of fused-ring (bicyclic) bond motifs is 1. The molecule has 1 saturated carbocycles. The molecule has 1 aromatic carbocycles. The van der Waals surface area contributed by atoms with Gasteiger partial charge in [0.2, 0.25) is 10.0 Å². The van der Waals surface area contributed by atoms with Gasteiger partial charge in [-0.3, -0.25) is 4.79 Å². The maximum atomic E-state index is 12.8. The summed E-state index contributed by atoms with van der Waals surface area (Å²) in [5, 5.41) is 18.4. The first-order valence-electron chi connectivity index (χ1n) is 7.24. The molecule has 1 aliphatic heterocycles. The summed E-state index contributed by atoms with van der Waals surface area (Å²) in [4.78, 5) is 11.6. The average molecular weight is 355 g/mol. The lowest BCUT2D eigenvalue weighted by molar-refractivity contribution is -0.149. The molecule has 1 saturated heterocycles. The maximum Gasteiger partial charge on any atom is 0.311 e. The SMILES string of the molecule is N#Cc1ccc(S(=O)(=O)N2C[C@@H]3CCC[C@@]3(C(=O)O)C2)c(Cl)c1. The molecule has 122 valence electrons. The molecule has 0 bridgehead atoms. The van der Waals surface area contributed by atoms with Gasteiger partial charge in [0.25, 0.3) is 0 Å². The van der Waals surface area contributed by atoms with Crippen LogP contribution in [0.5, 0.6) is 0 Å². The zero-order valence-corrected chi connectivity index (χ0v) is 13.8. The van der Waals surface area contributed by atoms with Crippen LogP contribution in [0.25, 0.3) is 0 Å². The Bertz CT molecular complexity index is 817. The van der Waals surface area contributed by atoms with Crippen LogP contribution in [0.15, 0.2) is 23.1 Å². The van der Waals surface area contributed by atoms with Gasteiger partial charge in [-0.25, -0.2) is 8.42 Å². The molecule has 2 fully saturated rings. The fourth-order valence-corrected chi connectivity index (χ4v) is 5.77. The zero-order chi connectivity index (χ0) is 16.8. The van der Waals surface area contributed by atoms with Crippen molar-refractivity contribution >= 4 is 27.6 Å². The van der Waals surface area contributed by atoms with Gasteiger partial charge in [-0.2, -0.15) is 9.57 Å². The largest absolute Gasteiger partial charge is 0.481 e. The Hall–Kier alpha value is -1.62. The van der Waals surface area contributed by atoms with Crippen LogP contribution in [-0.2, 0) is 14.8 Å². The number of benzene rings is 1. The lowest BCUT2D eigenvalue weighted by Crippen LogP contribution is -2.37. The van der Waals surface area contributed by atoms with Crippen LogP contribution in [-0.4, -0.2) is 36.9 Å². The van der Waals surface area contributed by atoms with Crippen molar-refractivity contribution in [2.45, 2.75) is 24.2 Å². The van der Waals surface area contributed by atoms with Gasteiger partial charge in [0.15, 0.2) is 0 Å². The highest BCUT2D eigenvalue weighted by molar-refractivity contribution is 7.89. The third kappa shape index (κ3) is 2.42. The van der Waals surface area contributed by atoms with Crippen molar-refractivity contribution in [1.29, 1.82) is 5.26 Å². The van der Waals surface area contributed by atoms with Crippen LogP contribution in [0.3, 0.4) is 0 Å². The average Bonchev–Trinajstić information content (AvgIpc) is 3.04. The second kappa shape index (κ2) is 5.48. The summed E-state index contributed by atoms with van der Waals surface area (Å²) in [5.74, 6) is -1.09. The molecular formula is C15H15ClN2O4S. The zero-order valence-electron chi connectivity index (χ0n) is 12.2. The molecule has 0 amide bonds. The first-order valence-corrected chi connectivity index (χ1v) is 9.06. The topological polar surface area (TPSA) is 98.5 Å². The lowest BCUT2D eigenvalue weighted by Gasteiger charge is -2.23. The normalized spacial score (nSPS) is 27.6. The van der Waals surface area contributed by atoms with Crippen LogP contribution in [0.2, 0.25) is 5.02 Å². The highest BCUT2D eigenvalue weighted by atomic mass is 35.5. The van der Waals surface area contributed by atoms with Crippen molar-refractivity contribution < 1.29 is 18.3 Å². The van der Waals surface area contributed by atoms with Gasteiger partial charge in [-0.15, -0.1) is 0 Å². The van der Waals surface area contributed by atoms with Gasteiger partial charge in [0.05, 0.1) is 22.1 Å². The van der Waals surface area contributed by atoms with Crippen LogP contribution in [0.4, 0.5) is 0 Å². The standard InChI is InChI=1S/C15H15ClN2O4S/c16-12-6-10(7-17)3-4-13(12)23(21,22)18-8-11-2-1-5-15(11,9-18)14(19)20/h3-4,6,11H,1-2,5,8-9H2,(H,19,20)/t11-,15+/m0/s1. The Balaban J connectivity index is 1.96. The minimum Gasteiger partial charge on any atom is -0.481 e. The fourth-order valence-electron chi connectivity index (χ4n) is 3.69. The van der Waals surface area contributed by atoms with Crippen molar-refractivity contribution in [2.24, 2.45) is 11.3 Å². The number of halogens is 1. The second-order valence-corrected chi connectivity index (χ2v) is 8.42. The van der Waals surface area contributed by atoms with Crippen LogP contribution >= 0.6 is 11.6 Å². The molecule has 1 N–H and O–H groups in total. The molecule has 1 heterocycles. The van der Waals surface area contributed by atoms with Gasteiger partial charge >= 0.3 is 5.97 Å². The summed E-state index contributed by atoms with van der Waals surface area (Å²) < 4.78 is 26.9. The van der Waals surface area contributed by atoms with E-state index in [2.05, 4.69) is 0 Å². The van der Waals surface area contributed by atoms with E-state index in [1.165, 1.54) is 22.5 Å². The number of nitrogens with zero attached hydrogens (tertiary/aromatic N) is 2. The Labute approximate surface area is 139 Å². The number of nitriles is 1. The highest BCUT2D eigenvalue weighted by Crippen LogP contribution is 2.50. The van der Waals surface area contributed by atoms with E-state index in [-0.39, 0.29) is 34.5 Å². The summed E-state index contributed by atoms with van der Waals surface area (Å²) in [6.07, 6.45) is 2.03. The molecule has 8 heteroatoms. The van der Waals surface area contributed by atoms with Crippen molar-refractivity contribution in [3.63, 3.8) is 0 Å². The van der Waals surface area contributed by atoms with E-state index < -0.39 is 21.4 Å². The number of hydrogen-bond donors (Lipinski definition) is 1. The monoisotopic (exact) mass is 354 g/mol. The van der Waals surface area contributed by atoms with Crippen LogP contribution in [0.1, 0.15) is 24.8 Å². The van der Waals surface area contributed by atoms with E-state index in [0.29, 0.717) is 6.42 Å². The third-order valence-electron chi connectivity index (χ3n) is 4.94. The summed E-state index contributed by atoms with van der Waals surface area (Å²) in [7, 11) is -3.88. The Morgan fingerprint density at radius 2 is 2.22 bits per heavy atom. The van der Waals surface area contributed by atoms with Gasteiger partial charge in [0.1, 0.15) is 4.90 Å². The number of rotatable bonds is 3. The molecule has 1 aromatic rings.